The molecule has 1 amide bonds. The molecule has 19 heavy (non-hydrogen) atoms. The number of likely N-dealkylation sites (N-methyl/N-ethyl adjacent to an activating group) is 1. The van der Waals surface area contributed by atoms with Gasteiger partial charge in [0.25, 0.3) is 5.91 Å². The predicted molar refractivity (Wildman–Crippen MR) is 71.6 cm³/mol. The van der Waals surface area contributed by atoms with Crippen LogP contribution >= 0.6 is 11.6 Å². The van der Waals surface area contributed by atoms with Crippen molar-refractivity contribution in [1.29, 1.82) is 0 Å². The van der Waals surface area contributed by atoms with Gasteiger partial charge in [-0.2, -0.15) is 0 Å². The van der Waals surface area contributed by atoms with Crippen LogP contribution in [0.5, 0.6) is 5.75 Å². The van der Waals surface area contributed by atoms with Gasteiger partial charge in [-0.15, -0.1) is 0 Å². The minimum atomic E-state index is -1.07. The zero-order valence-corrected chi connectivity index (χ0v) is 11.8. The van der Waals surface area contributed by atoms with Gasteiger partial charge in [-0.1, -0.05) is 17.7 Å². The number of rotatable bonds is 5. The maximum absolute atomic E-state index is 11.8. The Bertz CT molecular complexity index is 490. The first kappa shape index (κ1) is 15.3. The molecular weight excluding hydrogens is 270 g/mol. The normalized spacial score (nSPS) is 11.8. The molecule has 0 bridgehead atoms. The van der Waals surface area contributed by atoms with Crippen LogP contribution in [0.3, 0.4) is 0 Å². The maximum Gasteiger partial charge on any atom is 0.326 e. The van der Waals surface area contributed by atoms with Crippen molar-refractivity contribution in [3.05, 3.63) is 28.8 Å². The molecule has 1 unspecified atom stereocenters. The summed E-state index contributed by atoms with van der Waals surface area (Å²) in [7, 11) is 1.42. The Balaban J connectivity index is 2.64. The van der Waals surface area contributed by atoms with Gasteiger partial charge < -0.3 is 14.7 Å². The van der Waals surface area contributed by atoms with Crippen molar-refractivity contribution in [2.75, 3.05) is 13.7 Å². The highest BCUT2D eigenvalue weighted by Crippen LogP contribution is 2.25. The number of carboxylic acids is 1. The minimum absolute atomic E-state index is 0.253. The molecular formula is C13H16ClNO4. The van der Waals surface area contributed by atoms with Crippen LogP contribution in [-0.4, -0.2) is 41.6 Å². The number of carbonyl (C=O) groups is 2. The summed E-state index contributed by atoms with van der Waals surface area (Å²) in [6, 6.07) is 4.33. The SMILES string of the molecule is Cc1ccc(Cl)c(OCC(=O)N(C)C(C)C(=O)O)c1. The first-order chi connectivity index (χ1) is 8.82. The summed E-state index contributed by atoms with van der Waals surface area (Å²) in [6.45, 7) is 3.06. The van der Waals surface area contributed by atoms with Crippen molar-refractivity contribution in [3.8, 4) is 5.75 Å². The molecule has 1 rings (SSSR count). The zero-order valence-electron chi connectivity index (χ0n) is 11.0. The number of aryl methyl sites for hydroxylation is 1. The van der Waals surface area contributed by atoms with E-state index >= 15 is 0 Å². The highest BCUT2D eigenvalue weighted by molar-refractivity contribution is 6.32. The molecule has 0 aliphatic carbocycles. The van der Waals surface area contributed by atoms with Gasteiger partial charge in [-0.3, -0.25) is 4.79 Å². The lowest BCUT2D eigenvalue weighted by Gasteiger charge is -2.21. The monoisotopic (exact) mass is 285 g/mol. The fourth-order valence-electron chi connectivity index (χ4n) is 1.34. The van der Waals surface area contributed by atoms with Crippen molar-refractivity contribution in [2.45, 2.75) is 19.9 Å². The number of hydrogen-bond acceptors (Lipinski definition) is 3. The Hall–Kier alpha value is -1.75. The van der Waals surface area contributed by atoms with Gasteiger partial charge in [0.1, 0.15) is 11.8 Å². The van der Waals surface area contributed by atoms with Gasteiger partial charge in [-0.25, -0.2) is 4.79 Å². The molecule has 0 heterocycles. The number of hydrogen-bond donors (Lipinski definition) is 1. The van der Waals surface area contributed by atoms with E-state index in [4.69, 9.17) is 21.4 Å². The Morgan fingerprint density at radius 3 is 2.68 bits per heavy atom. The first-order valence-electron chi connectivity index (χ1n) is 5.70. The standard InChI is InChI=1S/C13H16ClNO4/c1-8-4-5-10(14)11(6-8)19-7-12(16)15(3)9(2)13(17)18/h4-6,9H,7H2,1-3H3,(H,17,18). The summed E-state index contributed by atoms with van der Waals surface area (Å²) in [6.07, 6.45) is 0. The third-order valence-corrected chi connectivity index (χ3v) is 3.08. The Morgan fingerprint density at radius 2 is 2.11 bits per heavy atom. The van der Waals surface area contributed by atoms with Crippen LogP contribution in [0.15, 0.2) is 18.2 Å². The van der Waals surface area contributed by atoms with Crippen molar-refractivity contribution in [1.82, 2.24) is 4.90 Å². The zero-order chi connectivity index (χ0) is 14.6. The molecule has 1 aromatic carbocycles. The summed E-state index contributed by atoms with van der Waals surface area (Å²) < 4.78 is 5.31. The van der Waals surface area contributed by atoms with Crippen LogP contribution in [0.4, 0.5) is 0 Å². The van der Waals surface area contributed by atoms with Crippen LogP contribution in [-0.2, 0) is 9.59 Å². The quantitative estimate of drug-likeness (QED) is 0.898. The van der Waals surface area contributed by atoms with Gasteiger partial charge in [0.05, 0.1) is 5.02 Å². The molecule has 5 nitrogen and oxygen atoms in total. The summed E-state index contributed by atoms with van der Waals surface area (Å²) in [4.78, 5) is 23.6. The average molecular weight is 286 g/mol. The van der Waals surface area contributed by atoms with E-state index < -0.39 is 17.9 Å². The molecule has 6 heteroatoms. The maximum atomic E-state index is 11.8. The molecule has 1 atom stereocenters. The van der Waals surface area contributed by atoms with Crippen LogP contribution in [0.2, 0.25) is 5.02 Å². The second-order valence-electron chi connectivity index (χ2n) is 4.24. The van der Waals surface area contributed by atoms with Crippen molar-refractivity contribution in [2.24, 2.45) is 0 Å². The summed E-state index contributed by atoms with van der Waals surface area (Å²) in [5.74, 6) is -1.08. The van der Waals surface area contributed by atoms with E-state index in [0.717, 1.165) is 10.5 Å². The van der Waals surface area contributed by atoms with E-state index in [0.29, 0.717) is 10.8 Å². The second kappa shape index (κ2) is 6.43. The summed E-state index contributed by atoms with van der Waals surface area (Å²) in [5.41, 5.74) is 0.958. The highest BCUT2D eigenvalue weighted by atomic mass is 35.5. The Morgan fingerprint density at radius 1 is 1.47 bits per heavy atom. The molecule has 0 spiro atoms. The van der Waals surface area contributed by atoms with E-state index in [1.807, 2.05) is 13.0 Å². The van der Waals surface area contributed by atoms with E-state index in [-0.39, 0.29) is 6.61 Å². The molecule has 0 fully saturated rings. The number of carbonyl (C=O) groups excluding carboxylic acids is 1. The van der Waals surface area contributed by atoms with Crippen molar-refractivity contribution < 1.29 is 19.4 Å². The molecule has 1 aromatic rings. The van der Waals surface area contributed by atoms with Gasteiger partial charge in [0.15, 0.2) is 6.61 Å². The Labute approximate surface area is 116 Å². The third kappa shape index (κ3) is 4.13. The van der Waals surface area contributed by atoms with Gasteiger partial charge in [-0.05, 0) is 31.5 Å². The number of benzene rings is 1. The van der Waals surface area contributed by atoms with Crippen molar-refractivity contribution >= 4 is 23.5 Å². The van der Waals surface area contributed by atoms with Crippen LogP contribution in [0.1, 0.15) is 12.5 Å². The number of amides is 1. The lowest BCUT2D eigenvalue weighted by atomic mass is 10.2. The van der Waals surface area contributed by atoms with Crippen LogP contribution < -0.4 is 4.74 Å². The molecule has 0 saturated carbocycles. The van der Waals surface area contributed by atoms with Gasteiger partial charge in [0, 0.05) is 7.05 Å². The lowest BCUT2D eigenvalue weighted by Crippen LogP contribution is -2.42. The highest BCUT2D eigenvalue weighted by Gasteiger charge is 2.22. The smallest absolute Gasteiger partial charge is 0.326 e. The number of carboxylic acid groups (broad SMARTS) is 1. The second-order valence-corrected chi connectivity index (χ2v) is 4.65. The van der Waals surface area contributed by atoms with Gasteiger partial charge in [0.2, 0.25) is 0 Å². The van der Waals surface area contributed by atoms with Crippen LogP contribution in [0, 0.1) is 6.92 Å². The number of nitrogens with zero attached hydrogens (tertiary/aromatic N) is 1. The first-order valence-corrected chi connectivity index (χ1v) is 6.08. The van der Waals surface area contributed by atoms with E-state index in [2.05, 4.69) is 0 Å². The number of halogens is 1. The van der Waals surface area contributed by atoms with Crippen LogP contribution in [0.25, 0.3) is 0 Å². The molecule has 0 aliphatic heterocycles. The molecule has 0 radical (unpaired) electrons. The van der Waals surface area contributed by atoms with E-state index in [9.17, 15) is 9.59 Å². The minimum Gasteiger partial charge on any atom is -0.482 e. The number of ether oxygens (including phenoxy) is 1. The van der Waals surface area contributed by atoms with Gasteiger partial charge >= 0.3 is 5.97 Å². The lowest BCUT2D eigenvalue weighted by molar-refractivity contribution is -0.148. The summed E-state index contributed by atoms with van der Waals surface area (Å²) in [5, 5.41) is 9.22. The number of aliphatic carboxylic acids is 1. The third-order valence-electron chi connectivity index (χ3n) is 2.77. The molecule has 0 aliphatic rings. The topological polar surface area (TPSA) is 66.8 Å². The molecule has 1 N–H and O–H groups in total. The largest absolute Gasteiger partial charge is 0.482 e. The summed E-state index contributed by atoms with van der Waals surface area (Å²) >= 11 is 5.93. The molecule has 104 valence electrons. The predicted octanol–water partition coefficient (Wildman–Crippen LogP) is 1.96. The van der Waals surface area contributed by atoms with E-state index in [1.54, 1.807) is 12.1 Å². The fourth-order valence-corrected chi connectivity index (χ4v) is 1.52. The molecule has 0 aromatic heterocycles. The van der Waals surface area contributed by atoms with E-state index in [1.165, 1.54) is 14.0 Å². The average Bonchev–Trinajstić information content (AvgIpc) is 2.37. The fraction of sp³-hybridized carbons (Fsp3) is 0.385. The molecule has 0 saturated heterocycles. The Kier molecular flexibility index (Phi) is 5.18. The van der Waals surface area contributed by atoms with Crippen molar-refractivity contribution in [3.63, 3.8) is 0 Å².